The quantitative estimate of drug-likeness (QED) is 0.746. The van der Waals surface area contributed by atoms with Crippen LogP contribution in [0.2, 0.25) is 0 Å². The number of hydrogen-bond donors (Lipinski definition) is 0. The Morgan fingerprint density at radius 2 is 1.85 bits per heavy atom. The zero-order valence-corrected chi connectivity index (χ0v) is 16.0. The molecule has 2 aliphatic rings. The second-order valence-corrected chi connectivity index (χ2v) is 7.55. The van der Waals surface area contributed by atoms with Crippen LogP contribution in [-0.4, -0.2) is 56.1 Å². The molecule has 1 saturated heterocycles. The van der Waals surface area contributed by atoms with E-state index in [-0.39, 0.29) is 11.7 Å². The van der Waals surface area contributed by atoms with E-state index in [2.05, 4.69) is 9.80 Å². The third-order valence-corrected chi connectivity index (χ3v) is 5.57. The van der Waals surface area contributed by atoms with Gasteiger partial charge in [0.15, 0.2) is 11.5 Å². The fraction of sp³-hybridized carbons (Fsp3) is 0.650. The van der Waals surface area contributed by atoms with Crippen LogP contribution in [0.4, 0.5) is 4.39 Å². The Kier molecular flexibility index (Phi) is 6.01. The number of methoxy groups -OCH3 is 2. The first-order chi connectivity index (χ1) is 12.5. The van der Waals surface area contributed by atoms with Crippen LogP contribution in [0, 0.1) is 11.7 Å². The lowest BCUT2D eigenvalue weighted by molar-refractivity contribution is -0.129. The van der Waals surface area contributed by atoms with Crippen LogP contribution in [-0.2, 0) is 11.3 Å². The Labute approximate surface area is 155 Å². The van der Waals surface area contributed by atoms with E-state index in [1.54, 1.807) is 13.2 Å². The lowest BCUT2D eigenvalue weighted by atomic mass is 10.1. The maximum Gasteiger partial charge on any atom is 0.223 e. The number of rotatable bonds is 7. The van der Waals surface area contributed by atoms with E-state index in [1.807, 2.05) is 7.05 Å². The molecule has 5 nitrogen and oxygen atoms in total. The first-order valence-corrected chi connectivity index (χ1v) is 9.40. The summed E-state index contributed by atoms with van der Waals surface area (Å²) in [4.78, 5) is 16.5. The molecular formula is C20H29FN2O3. The summed E-state index contributed by atoms with van der Waals surface area (Å²) in [7, 11) is 5.01. The summed E-state index contributed by atoms with van der Waals surface area (Å²) in [6, 6.07) is 3.50. The minimum absolute atomic E-state index is 0.285. The average molecular weight is 364 g/mol. The molecule has 0 bridgehead atoms. The van der Waals surface area contributed by atoms with Crippen LogP contribution in [0.3, 0.4) is 0 Å². The first-order valence-electron chi connectivity index (χ1n) is 9.40. The van der Waals surface area contributed by atoms with Crippen LogP contribution in [0.15, 0.2) is 12.1 Å². The van der Waals surface area contributed by atoms with Gasteiger partial charge < -0.3 is 19.3 Å². The normalized spacial score (nSPS) is 21.0. The standard InChI is InChI=1S/C20H29FN2O3/c1-22(13-15-9-18(25-2)19(26-3)10-17(15)21)11-14-8-20(24)23(12-14)16-6-4-5-7-16/h9-10,14,16H,4-8,11-13H2,1-3H3/t14-/m0/s1. The molecule has 1 aromatic carbocycles. The third-order valence-electron chi connectivity index (χ3n) is 5.57. The van der Waals surface area contributed by atoms with Crippen molar-refractivity contribution in [2.45, 2.75) is 44.7 Å². The molecule has 1 aromatic rings. The van der Waals surface area contributed by atoms with Crippen molar-refractivity contribution >= 4 is 5.91 Å². The van der Waals surface area contributed by atoms with Crippen molar-refractivity contribution in [3.8, 4) is 11.5 Å². The van der Waals surface area contributed by atoms with Gasteiger partial charge in [-0.05, 0) is 31.9 Å². The minimum atomic E-state index is -0.301. The number of carbonyl (C=O) groups is 1. The van der Waals surface area contributed by atoms with E-state index in [0.29, 0.717) is 42.0 Å². The molecule has 144 valence electrons. The molecule has 6 heteroatoms. The summed E-state index contributed by atoms with van der Waals surface area (Å²) in [5.74, 6) is 1.22. The maximum absolute atomic E-state index is 14.3. The maximum atomic E-state index is 14.3. The molecule has 3 rings (SSSR count). The summed E-state index contributed by atoms with van der Waals surface area (Å²) in [6.45, 7) is 2.09. The van der Waals surface area contributed by atoms with Gasteiger partial charge in [-0.25, -0.2) is 4.39 Å². The van der Waals surface area contributed by atoms with Crippen molar-refractivity contribution in [1.29, 1.82) is 0 Å². The summed E-state index contributed by atoms with van der Waals surface area (Å²) in [6.07, 6.45) is 5.36. The smallest absolute Gasteiger partial charge is 0.223 e. The Morgan fingerprint density at radius 3 is 2.50 bits per heavy atom. The van der Waals surface area contributed by atoms with Gasteiger partial charge in [0.25, 0.3) is 0 Å². The topological polar surface area (TPSA) is 42.0 Å². The highest BCUT2D eigenvalue weighted by molar-refractivity contribution is 5.79. The highest BCUT2D eigenvalue weighted by atomic mass is 19.1. The van der Waals surface area contributed by atoms with Crippen LogP contribution in [0.1, 0.15) is 37.7 Å². The van der Waals surface area contributed by atoms with Crippen molar-refractivity contribution < 1.29 is 18.7 Å². The van der Waals surface area contributed by atoms with E-state index in [4.69, 9.17) is 9.47 Å². The fourth-order valence-electron chi connectivity index (χ4n) is 4.31. The number of halogens is 1. The lowest BCUT2D eigenvalue weighted by Crippen LogP contribution is -2.35. The molecule has 26 heavy (non-hydrogen) atoms. The summed E-state index contributed by atoms with van der Waals surface area (Å²) >= 11 is 0. The Bertz CT molecular complexity index is 646. The van der Waals surface area contributed by atoms with Crippen molar-refractivity contribution in [1.82, 2.24) is 9.80 Å². The van der Waals surface area contributed by atoms with Gasteiger partial charge in [-0.1, -0.05) is 12.8 Å². The zero-order chi connectivity index (χ0) is 18.7. The highest BCUT2D eigenvalue weighted by Gasteiger charge is 2.35. The second kappa shape index (κ2) is 8.25. The van der Waals surface area contributed by atoms with Crippen LogP contribution >= 0.6 is 0 Å². The van der Waals surface area contributed by atoms with E-state index in [1.165, 1.54) is 26.0 Å². The van der Waals surface area contributed by atoms with E-state index < -0.39 is 0 Å². The Hall–Kier alpha value is -1.82. The number of likely N-dealkylation sites (tertiary alicyclic amines) is 1. The molecule has 1 heterocycles. The van der Waals surface area contributed by atoms with Crippen molar-refractivity contribution in [2.75, 3.05) is 34.4 Å². The minimum Gasteiger partial charge on any atom is -0.493 e. The Morgan fingerprint density at radius 1 is 1.19 bits per heavy atom. The first kappa shape index (κ1) is 19.0. The highest BCUT2D eigenvalue weighted by Crippen LogP contribution is 2.32. The van der Waals surface area contributed by atoms with Gasteiger partial charge in [-0.3, -0.25) is 4.79 Å². The van der Waals surface area contributed by atoms with Gasteiger partial charge in [0.1, 0.15) is 5.82 Å². The molecule has 0 unspecified atom stereocenters. The van der Waals surface area contributed by atoms with Gasteiger partial charge in [0.2, 0.25) is 5.91 Å². The average Bonchev–Trinajstić information content (AvgIpc) is 3.25. The molecule has 1 atom stereocenters. The van der Waals surface area contributed by atoms with E-state index in [9.17, 15) is 9.18 Å². The lowest BCUT2D eigenvalue weighted by Gasteiger charge is -2.25. The molecule has 1 aliphatic heterocycles. The van der Waals surface area contributed by atoms with Gasteiger partial charge in [0, 0.05) is 43.7 Å². The number of ether oxygens (including phenoxy) is 2. The molecule has 2 fully saturated rings. The molecule has 1 saturated carbocycles. The number of nitrogens with zero attached hydrogens (tertiary/aromatic N) is 2. The monoisotopic (exact) mass is 364 g/mol. The van der Waals surface area contributed by atoms with Gasteiger partial charge >= 0.3 is 0 Å². The summed E-state index contributed by atoms with van der Waals surface area (Å²) in [5, 5.41) is 0. The summed E-state index contributed by atoms with van der Waals surface area (Å²) in [5.41, 5.74) is 0.571. The number of carbonyl (C=O) groups excluding carboxylic acids is 1. The van der Waals surface area contributed by atoms with Crippen molar-refractivity contribution in [3.63, 3.8) is 0 Å². The number of hydrogen-bond acceptors (Lipinski definition) is 4. The predicted molar refractivity (Wildman–Crippen MR) is 97.9 cm³/mol. The van der Waals surface area contributed by atoms with Gasteiger partial charge in [-0.2, -0.15) is 0 Å². The van der Waals surface area contributed by atoms with Crippen molar-refractivity contribution in [3.05, 3.63) is 23.5 Å². The van der Waals surface area contributed by atoms with E-state index >= 15 is 0 Å². The number of benzene rings is 1. The fourth-order valence-corrected chi connectivity index (χ4v) is 4.31. The number of amides is 1. The molecule has 1 aliphatic carbocycles. The molecule has 0 N–H and O–H groups in total. The Balaban J connectivity index is 1.59. The predicted octanol–water partition coefficient (Wildman–Crippen LogP) is 3.07. The van der Waals surface area contributed by atoms with E-state index in [0.717, 1.165) is 25.9 Å². The van der Waals surface area contributed by atoms with Gasteiger partial charge in [0.05, 0.1) is 14.2 Å². The largest absolute Gasteiger partial charge is 0.493 e. The molecular weight excluding hydrogens is 335 g/mol. The third kappa shape index (κ3) is 4.11. The zero-order valence-electron chi connectivity index (χ0n) is 16.0. The molecule has 0 spiro atoms. The van der Waals surface area contributed by atoms with Crippen LogP contribution in [0.25, 0.3) is 0 Å². The molecule has 1 amide bonds. The van der Waals surface area contributed by atoms with Crippen LogP contribution < -0.4 is 9.47 Å². The van der Waals surface area contributed by atoms with Crippen molar-refractivity contribution in [2.24, 2.45) is 5.92 Å². The van der Waals surface area contributed by atoms with Gasteiger partial charge in [-0.15, -0.1) is 0 Å². The summed E-state index contributed by atoms with van der Waals surface area (Å²) < 4.78 is 24.7. The second-order valence-electron chi connectivity index (χ2n) is 7.55. The molecule has 0 aromatic heterocycles. The SMILES string of the molecule is COc1cc(F)c(CN(C)C[C@@H]2CC(=O)N(C3CCCC3)C2)cc1OC. The van der Waals surface area contributed by atoms with Crippen LogP contribution in [0.5, 0.6) is 11.5 Å². The molecule has 0 radical (unpaired) electrons.